The Balaban J connectivity index is 1.76. The molecule has 1 heterocycles. The highest BCUT2D eigenvalue weighted by Crippen LogP contribution is 2.35. The number of carbonyl (C=O) groups excluding carboxylic acids is 1. The number of anilines is 1. The Hall–Kier alpha value is -2.90. The lowest BCUT2D eigenvalue weighted by Crippen LogP contribution is -2.30. The molecule has 4 aromatic rings. The van der Waals surface area contributed by atoms with Gasteiger partial charge in [-0.3, -0.25) is 9.69 Å². The van der Waals surface area contributed by atoms with Crippen LogP contribution in [0.2, 0.25) is 5.02 Å². The van der Waals surface area contributed by atoms with Crippen LogP contribution in [0.25, 0.3) is 10.2 Å². The molecule has 0 unspecified atom stereocenters. The van der Waals surface area contributed by atoms with Gasteiger partial charge in [-0.05, 0) is 54.4 Å². The minimum Gasteiger partial charge on any atom is -0.279 e. The fraction of sp³-hybridized carbons (Fsp3) is 0.130. The summed E-state index contributed by atoms with van der Waals surface area (Å²) in [7, 11) is 0. The van der Waals surface area contributed by atoms with Crippen LogP contribution in [0.5, 0.6) is 0 Å². The van der Waals surface area contributed by atoms with Crippen molar-refractivity contribution in [2.45, 2.75) is 19.6 Å². The third-order valence-electron chi connectivity index (χ3n) is 4.86. The third kappa shape index (κ3) is 4.43. The van der Waals surface area contributed by atoms with Crippen LogP contribution in [0.3, 0.4) is 0 Å². The average Bonchev–Trinajstić information content (AvgIpc) is 3.19. The zero-order valence-electron chi connectivity index (χ0n) is 16.3. The van der Waals surface area contributed by atoms with Crippen LogP contribution in [-0.2, 0) is 12.7 Å². The first kappa shape index (κ1) is 21.3. The molecule has 0 bridgehead atoms. The molecule has 1 aromatic heterocycles. The van der Waals surface area contributed by atoms with Crippen molar-refractivity contribution < 1.29 is 18.0 Å². The van der Waals surface area contributed by atoms with Gasteiger partial charge in [-0.2, -0.15) is 13.2 Å². The van der Waals surface area contributed by atoms with Gasteiger partial charge in [-0.15, -0.1) is 0 Å². The van der Waals surface area contributed by atoms with Crippen molar-refractivity contribution in [1.82, 2.24) is 4.98 Å². The van der Waals surface area contributed by atoms with Gasteiger partial charge in [0.25, 0.3) is 5.91 Å². The van der Waals surface area contributed by atoms with E-state index in [0.717, 1.165) is 28.0 Å². The number of rotatable bonds is 4. The summed E-state index contributed by atoms with van der Waals surface area (Å²) in [5.74, 6) is -0.430. The maximum Gasteiger partial charge on any atom is 0.416 e. The van der Waals surface area contributed by atoms with Crippen molar-refractivity contribution in [2.24, 2.45) is 0 Å². The first-order valence-electron chi connectivity index (χ1n) is 9.33. The second kappa shape index (κ2) is 8.32. The number of thiazole rings is 1. The Morgan fingerprint density at radius 3 is 2.35 bits per heavy atom. The second-order valence-corrected chi connectivity index (χ2v) is 8.38. The summed E-state index contributed by atoms with van der Waals surface area (Å²) in [6.45, 7) is 2.08. The quantitative estimate of drug-likeness (QED) is 0.324. The molecule has 0 aliphatic heterocycles. The molecule has 0 atom stereocenters. The van der Waals surface area contributed by atoms with Crippen LogP contribution in [0.1, 0.15) is 27.0 Å². The van der Waals surface area contributed by atoms with Gasteiger partial charge in [0.15, 0.2) is 5.13 Å². The third-order valence-corrected chi connectivity index (χ3v) is 6.31. The molecule has 0 aliphatic carbocycles. The van der Waals surface area contributed by atoms with E-state index < -0.39 is 17.6 Å². The molecule has 3 nitrogen and oxygen atoms in total. The lowest BCUT2D eigenvalue weighted by atomic mass is 10.1. The molecule has 31 heavy (non-hydrogen) atoms. The van der Waals surface area contributed by atoms with Crippen molar-refractivity contribution in [3.05, 3.63) is 94.0 Å². The van der Waals surface area contributed by atoms with Gasteiger partial charge < -0.3 is 0 Å². The highest BCUT2D eigenvalue weighted by atomic mass is 35.5. The number of fused-ring (bicyclic) bond motifs is 1. The van der Waals surface area contributed by atoms with Crippen LogP contribution in [0.4, 0.5) is 18.3 Å². The fourth-order valence-electron chi connectivity index (χ4n) is 3.15. The Bertz CT molecular complexity index is 1240. The Labute approximate surface area is 185 Å². The maximum absolute atomic E-state index is 13.3. The van der Waals surface area contributed by atoms with Gasteiger partial charge in [0.1, 0.15) is 0 Å². The van der Waals surface area contributed by atoms with E-state index in [1.165, 1.54) is 28.4 Å². The number of aryl methyl sites for hydroxylation is 1. The molecule has 0 radical (unpaired) electrons. The molecule has 1 amide bonds. The lowest BCUT2D eigenvalue weighted by Gasteiger charge is -2.20. The lowest BCUT2D eigenvalue weighted by molar-refractivity contribution is -0.137. The second-order valence-electron chi connectivity index (χ2n) is 6.97. The highest BCUT2D eigenvalue weighted by Gasteiger charge is 2.31. The molecule has 4 rings (SSSR count). The number of aromatic nitrogens is 1. The first-order valence-corrected chi connectivity index (χ1v) is 10.5. The minimum atomic E-state index is -4.46. The maximum atomic E-state index is 13.3. The van der Waals surface area contributed by atoms with E-state index in [4.69, 9.17) is 11.6 Å². The van der Waals surface area contributed by atoms with E-state index in [0.29, 0.717) is 15.7 Å². The summed E-state index contributed by atoms with van der Waals surface area (Å²) in [5, 5.41) is 1.03. The monoisotopic (exact) mass is 460 g/mol. The predicted molar refractivity (Wildman–Crippen MR) is 118 cm³/mol. The minimum absolute atomic E-state index is 0.151. The number of hydrogen-bond donors (Lipinski definition) is 0. The Kier molecular flexibility index (Phi) is 5.73. The van der Waals surface area contributed by atoms with Crippen LogP contribution in [0, 0.1) is 6.92 Å². The molecule has 158 valence electrons. The van der Waals surface area contributed by atoms with Gasteiger partial charge in [0.2, 0.25) is 0 Å². The van der Waals surface area contributed by atoms with Crippen LogP contribution < -0.4 is 4.90 Å². The smallest absolute Gasteiger partial charge is 0.279 e. The van der Waals surface area contributed by atoms with Gasteiger partial charge in [0.05, 0.1) is 22.3 Å². The van der Waals surface area contributed by atoms with Crippen molar-refractivity contribution in [2.75, 3.05) is 4.90 Å². The topological polar surface area (TPSA) is 33.2 Å². The van der Waals surface area contributed by atoms with Crippen molar-refractivity contribution in [1.29, 1.82) is 0 Å². The SMILES string of the molecule is Cc1c(Cl)ccc2sc(N(Cc3ccccc3)C(=O)c3ccc(C(F)(F)F)cc3)nc12. The number of hydrogen-bond acceptors (Lipinski definition) is 3. The van der Waals surface area contributed by atoms with Crippen LogP contribution in [0.15, 0.2) is 66.7 Å². The highest BCUT2D eigenvalue weighted by molar-refractivity contribution is 7.22. The van der Waals surface area contributed by atoms with Crippen molar-refractivity contribution in [3.63, 3.8) is 0 Å². The number of halogens is 4. The van der Waals surface area contributed by atoms with Crippen molar-refractivity contribution in [3.8, 4) is 0 Å². The zero-order chi connectivity index (χ0) is 22.2. The first-order chi connectivity index (χ1) is 14.7. The summed E-state index contributed by atoms with van der Waals surface area (Å²) >= 11 is 7.54. The predicted octanol–water partition coefficient (Wildman–Crippen LogP) is 7.12. The van der Waals surface area contributed by atoms with Gasteiger partial charge in [-0.25, -0.2) is 4.98 Å². The summed E-state index contributed by atoms with van der Waals surface area (Å²) in [5.41, 5.74) is 1.73. The van der Waals surface area contributed by atoms with E-state index in [1.54, 1.807) is 6.07 Å². The summed E-state index contributed by atoms with van der Waals surface area (Å²) in [4.78, 5) is 19.4. The van der Waals surface area contributed by atoms with E-state index in [2.05, 4.69) is 4.98 Å². The van der Waals surface area contributed by atoms with Crippen LogP contribution in [-0.4, -0.2) is 10.9 Å². The number of amides is 1. The molecule has 0 spiro atoms. The molecule has 0 saturated heterocycles. The molecule has 0 aliphatic rings. The Morgan fingerprint density at radius 1 is 1.03 bits per heavy atom. The van der Waals surface area contributed by atoms with Gasteiger partial charge >= 0.3 is 6.18 Å². The van der Waals surface area contributed by atoms with Crippen molar-refractivity contribution >= 4 is 44.2 Å². The normalized spacial score (nSPS) is 11.6. The molecular formula is C23H16ClF3N2OS. The number of benzene rings is 3. The van der Waals surface area contributed by atoms with Gasteiger partial charge in [0, 0.05) is 10.6 Å². The fourth-order valence-corrected chi connectivity index (χ4v) is 4.33. The average molecular weight is 461 g/mol. The molecular weight excluding hydrogens is 445 g/mol. The number of nitrogens with zero attached hydrogens (tertiary/aromatic N) is 2. The Morgan fingerprint density at radius 2 is 1.71 bits per heavy atom. The summed E-state index contributed by atoms with van der Waals surface area (Å²) in [6.07, 6.45) is -4.46. The standard InChI is InChI=1S/C23H16ClF3N2OS/c1-14-18(24)11-12-19-20(14)28-22(31-19)29(13-15-5-3-2-4-6-15)21(30)16-7-9-17(10-8-16)23(25,26)27/h2-12H,13H2,1H3. The molecule has 0 N–H and O–H groups in total. The zero-order valence-corrected chi connectivity index (χ0v) is 17.9. The molecule has 0 saturated carbocycles. The molecule has 8 heteroatoms. The van der Waals surface area contributed by atoms with Gasteiger partial charge in [-0.1, -0.05) is 53.3 Å². The number of carbonyl (C=O) groups is 1. The van der Waals surface area contributed by atoms with E-state index in [1.807, 2.05) is 43.3 Å². The van der Waals surface area contributed by atoms with E-state index in [-0.39, 0.29) is 12.1 Å². The summed E-state index contributed by atoms with van der Waals surface area (Å²) < 4.78 is 39.6. The molecule has 3 aromatic carbocycles. The van der Waals surface area contributed by atoms with E-state index >= 15 is 0 Å². The molecule has 0 fully saturated rings. The summed E-state index contributed by atoms with van der Waals surface area (Å²) in [6, 6.07) is 17.2. The van der Waals surface area contributed by atoms with Crippen LogP contribution >= 0.6 is 22.9 Å². The largest absolute Gasteiger partial charge is 0.416 e. The van der Waals surface area contributed by atoms with E-state index in [9.17, 15) is 18.0 Å². The number of alkyl halides is 3.